The van der Waals surface area contributed by atoms with Crippen LogP contribution < -0.4 is 16.0 Å². The quantitative estimate of drug-likeness (QED) is 0.686. The highest BCUT2D eigenvalue weighted by molar-refractivity contribution is 6.34. The molecule has 1 unspecified atom stereocenters. The average molecular weight is 458 g/mol. The standard InChI is InChI=1S/C24H32ClN5O2/c1-14-7-6-8-17(19(14)25)18-11-27-21(28-20(18)26)30-12-15-9-24(5,10-16(15)13-30)29-22(31)32-23(2,3)4/h6-8,11,15-16H,9-10,12-13H2,1-5H3,(H,29,31)(H2,26,27,28)/t15-,16+,24?. The minimum atomic E-state index is -0.502. The number of rotatable bonds is 3. The lowest BCUT2D eigenvalue weighted by Crippen LogP contribution is -2.47. The number of nitrogens with one attached hydrogen (secondary N) is 1. The van der Waals surface area contributed by atoms with Crippen molar-refractivity contribution in [2.45, 2.75) is 58.6 Å². The maximum absolute atomic E-state index is 12.3. The number of alkyl carbamates (subject to hydrolysis) is 1. The van der Waals surface area contributed by atoms with Crippen LogP contribution in [-0.4, -0.2) is 40.3 Å². The summed E-state index contributed by atoms with van der Waals surface area (Å²) < 4.78 is 5.45. The van der Waals surface area contributed by atoms with Crippen molar-refractivity contribution < 1.29 is 9.53 Å². The summed E-state index contributed by atoms with van der Waals surface area (Å²) in [5.74, 6) is 2.00. The summed E-state index contributed by atoms with van der Waals surface area (Å²) in [6.45, 7) is 11.4. The van der Waals surface area contributed by atoms with Gasteiger partial charge in [-0.1, -0.05) is 29.8 Å². The van der Waals surface area contributed by atoms with Crippen LogP contribution in [0.1, 0.15) is 46.1 Å². The van der Waals surface area contributed by atoms with Gasteiger partial charge in [-0.05, 0) is 64.9 Å². The number of nitrogen functional groups attached to an aromatic ring is 1. The molecule has 2 fully saturated rings. The maximum Gasteiger partial charge on any atom is 0.408 e. The van der Waals surface area contributed by atoms with Crippen molar-refractivity contribution in [1.82, 2.24) is 15.3 Å². The molecule has 0 bridgehead atoms. The zero-order valence-corrected chi connectivity index (χ0v) is 20.2. The number of nitrogens with two attached hydrogens (primary N) is 1. The summed E-state index contributed by atoms with van der Waals surface area (Å²) in [5.41, 5.74) is 8.13. The number of hydrogen-bond donors (Lipinski definition) is 2. The first-order chi connectivity index (χ1) is 14.9. The number of fused-ring (bicyclic) bond motifs is 1. The average Bonchev–Trinajstić information content (AvgIpc) is 3.17. The van der Waals surface area contributed by atoms with E-state index in [0.29, 0.717) is 28.6 Å². The normalized spacial score (nSPS) is 25.0. The first kappa shape index (κ1) is 22.6. The third kappa shape index (κ3) is 4.63. The molecule has 172 valence electrons. The van der Waals surface area contributed by atoms with Crippen LogP contribution in [0.3, 0.4) is 0 Å². The number of halogens is 1. The van der Waals surface area contributed by atoms with Crippen LogP contribution >= 0.6 is 11.6 Å². The third-order valence-electron chi connectivity index (χ3n) is 6.37. The van der Waals surface area contributed by atoms with Crippen LogP contribution in [0.15, 0.2) is 24.4 Å². The fourth-order valence-corrected chi connectivity index (χ4v) is 5.29. The summed E-state index contributed by atoms with van der Waals surface area (Å²) >= 11 is 6.47. The molecule has 0 radical (unpaired) electrons. The lowest BCUT2D eigenvalue weighted by Gasteiger charge is -2.30. The molecule has 2 heterocycles. The van der Waals surface area contributed by atoms with Crippen molar-refractivity contribution >= 4 is 29.5 Å². The summed E-state index contributed by atoms with van der Waals surface area (Å²) in [7, 11) is 0. The van der Waals surface area contributed by atoms with Gasteiger partial charge in [-0.15, -0.1) is 0 Å². The van der Waals surface area contributed by atoms with E-state index in [1.165, 1.54) is 0 Å². The molecule has 4 rings (SSSR count). The Morgan fingerprint density at radius 2 is 1.91 bits per heavy atom. The monoisotopic (exact) mass is 457 g/mol. The number of ether oxygens (including phenoxy) is 1. The number of carbonyl (C=O) groups excluding carboxylic acids is 1. The number of aromatic nitrogens is 2. The number of hydrogen-bond acceptors (Lipinski definition) is 6. The van der Waals surface area contributed by atoms with Gasteiger partial charge in [0, 0.05) is 36.0 Å². The molecule has 8 heteroatoms. The summed E-state index contributed by atoms with van der Waals surface area (Å²) in [6.07, 6.45) is 3.22. The first-order valence-corrected chi connectivity index (χ1v) is 11.5. The van der Waals surface area contributed by atoms with Gasteiger partial charge >= 0.3 is 6.09 Å². The van der Waals surface area contributed by atoms with Crippen LogP contribution in [0.5, 0.6) is 0 Å². The Balaban J connectivity index is 1.43. The molecule has 1 saturated carbocycles. The van der Waals surface area contributed by atoms with E-state index in [1.54, 1.807) is 6.20 Å². The molecule has 32 heavy (non-hydrogen) atoms. The number of nitrogens with zero attached hydrogens (tertiary/aromatic N) is 3. The molecule has 1 aromatic carbocycles. The molecule has 3 N–H and O–H groups in total. The Morgan fingerprint density at radius 1 is 1.25 bits per heavy atom. The summed E-state index contributed by atoms with van der Waals surface area (Å²) in [4.78, 5) is 23.7. The van der Waals surface area contributed by atoms with E-state index in [-0.39, 0.29) is 11.6 Å². The van der Waals surface area contributed by atoms with E-state index in [2.05, 4.69) is 27.1 Å². The molecule has 1 saturated heterocycles. The van der Waals surface area contributed by atoms with Gasteiger partial charge in [-0.25, -0.2) is 9.78 Å². The highest BCUT2D eigenvalue weighted by Gasteiger charge is 2.48. The predicted octanol–water partition coefficient (Wildman–Crippen LogP) is 4.82. The molecular formula is C24H32ClN5O2. The fourth-order valence-electron chi connectivity index (χ4n) is 5.06. The molecule has 1 aliphatic heterocycles. The second kappa shape index (κ2) is 8.10. The van der Waals surface area contributed by atoms with Crippen molar-refractivity contribution in [2.24, 2.45) is 11.8 Å². The highest BCUT2D eigenvalue weighted by atomic mass is 35.5. The van der Waals surface area contributed by atoms with E-state index in [4.69, 9.17) is 22.1 Å². The number of anilines is 2. The Kier molecular flexibility index (Phi) is 5.74. The van der Waals surface area contributed by atoms with Crippen LogP contribution in [0, 0.1) is 18.8 Å². The van der Waals surface area contributed by atoms with E-state index in [0.717, 1.165) is 42.6 Å². The minimum absolute atomic E-state index is 0.255. The summed E-state index contributed by atoms with van der Waals surface area (Å²) in [5, 5.41) is 3.77. The second-order valence-electron chi connectivity index (χ2n) is 10.4. The largest absolute Gasteiger partial charge is 0.444 e. The van der Waals surface area contributed by atoms with Gasteiger partial charge in [0.15, 0.2) is 0 Å². The van der Waals surface area contributed by atoms with Gasteiger partial charge in [-0.3, -0.25) is 0 Å². The third-order valence-corrected chi connectivity index (χ3v) is 6.88. The van der Waals surface area contributed by atoms with Crippen molar-refractivity contribution in [3.05, 3.63) is 35.0 Å². The van der Waals surface area contributed by atoms with E-state index < -0.39 is 5.60 Å². The molecule has 0 spiro atoms. The molecule has 1 aliphatic carbocycles. The SMILES string of the molecule is Cc1cccc(-c2cnc(N3C[C@@H]4CC(C)(NC(=O)OC(C)(C)C)C[C@@H]4C3)nc2N)c1Cl. The number of benzene rings is 1. The maximum atomic E-state index is 12.3. The van der Waals surface area contributed by atoms with Crippen LogP contribution in [0.4, 0.5) is 16.6 Å². The number of aryl methyl sites for hydroxylation is 1. The molecule has 7 nitrogen and oxygen atoms in total. The topological polar surface area (TPSA) is 93.4 Å². The van der Waals surface area contributed by atoms with E-state index in [1.807, 2.05) is 45.9 Å². The number of amides is 1. The molecule has 3 atom stereocenters. The van der Waals surface area contributed by atoms with Gasteiger partial charge in [0.05, 0.1) is 5.02 Å². The zero-order valence-electron chi connectivity index (χ0n) is 19.4. The van der Waals surface area contributed by atoms with Gasteiger partial charge in [0.25, 0.3) is 0 Å². The Labute approximate surface area is 194 Å². The minimum Gasteiger partial charge on any atom is -0.444 e. The first-order valence-electron chi connectivity index (χ1n) is 11.1. The lowest BCUT2D eigenvalue weighted by molar-refractivity contribution is 0.0462. The van der Waals surface area contributed by atoms with Crippen LogP contribution in [-0.2, 0) is 4.74 Å². The molecular weight excluding hydrogens is 426 g/mol. The Hall–Kier alpha value is -2.54. The van der Waals surface area contributed by atoms with Gasteiger partial charge in [-0.2, -0.15) is 4.98 Å². The van der Waals surface area contributed by atoms with E-state index >= 15 is 0 Å². The Morgan fingerprint density at radius 3 is 2.50 bits per heavy atom. The van der Waals surface area contributed by atoms with Crippen LogP contribution in [0.25, 0.3) is 11.1 Å². The predicted molar refractivity (Wildman–Crippen MR) is 128 cm³/mol. The van der Waals surface area contributed by atoms with Crippen molar-refractivity contribution in [3.63, 3.8) is 0 Å². The van der Waals surface area contributed by atoms with Gasteiger partial charge < -0.3 is 20.7 Å². The van der Waals surface area contributed by atoms with Gasteiger partial charge in [0.2, 0.25) is 5.95 Å². The smallest absolute Gasteiger partial charge is 0.408 e. The second-order valence-corrected chi connectivity index (χ2v) is 10.8. The highest BCUT2D eigenvalue weighted by Crippen LogP contribution is 2.45. The molecule has 1 aromatic heterocycles. The Bertz CT molecular complexity index is 1020. The molecule has 2 aromatic rings. The van der Waals surface area contributed by atoms with Gasteiger partial charge in [0.1, 0.15) is 11.4 Å². The van der Waals surface area contributed by atoms with E-state index in [9.17, 15) is 4.79 Å². The summed E-state index contributed by atoms with van der Waals surface area (Å²) in [6, 6.07) is 5.85. The van der Waals surface area contributed by atoms with Crippen molar-refractivity contribution in [2.75, 3.05) is 23.7 Å². The zero-order chi connectivity index (χ0) is 23.3. The van der Waals surface area contributed by atoms with Crippen molar-refractivity contribution in [3.8, 4) is 11.1 Å². The number of carbonyl (C=O) groups is 1. The fraction of sp³-hybridized carbons (Fsp3) is 0.542. The lowest BCUT2D eigenvalue weighted by atomic mass is 9.98. The van der Waals surface area contributed by atoms with Crippen LogP contribution in [0.2, 0.25) is 5.02 Å². The molecule has 1 amide bonds. The van der Waals surface area contributed by atoms with Crippen molar-refractivity contribution in [1.29, 1.82) is 0 Å². The molecule has 2 aliphatic rings.